The molecule has 0 bridgehead atoms. The van der Waals surface area contributed by atoms with E-state index in [9.17, 15) is 14.0 Å². The fourth-order valence-electron chi connectivity index (χ4n) is 2.96. The zero-order chi connectivity index (χ0) is 18.0. The smallest absolute Gasteiger partial charge is 0.335 e. The van der Waals surface area contributed by atoms with Crippen molar-refractivity contribution in [1.29, 1.82) is 0 Å². The third-order valence-electron chi connectivity index (χ3n) is 4.17. The summed E-state index contributed by atoms with van der Waals surface area (Å²) in [4.78, 5) is 25.2. The molecule has 130 valence electrons. The van der Waals surface area contributed by atoms with Crippen LogP contribution in [0.15, 0.2) is 48.5 Å². The zero-order valence-corrected chi connectivity index (χ0v) is 13.7. The highest BCUT2D eigenvalue weighted by Crippen LogP contribution is 2.26. The summed E-state index contributed by atoms with van der Waals surface area (Å²) in [6, 6.07) is 12.9. The van der Waals surface area contributed by atoms with Crippen molar-refractivity contribution in [2.24, 2.45) is 0 Å². The number of nitrogens with zero attached hydrogens (tertiary/aromatic N) is 1. The van der Waals surface area contributed by atoms with E-state index in [-0.39, 0.29) is 23.3 Å². The van der Waals surface area contributed by atoms with Crippen LogP contribution in [0.1, 0.15) is 39.3 Å². The highest BCUT2D eigenvalue weighted by Gasteiger charge is 2.31. The van der Waals surface area contributed by atoms with Gasteiger partial charge in [-0.2, -0.15) is 0 Å². The summed E-state index contributed by atoms with van der Waals surface area (Å²) in [6.07, 6.45) is -0.473. The van der Waals surface area contributed by atoms with Gasteiger partial charge in [-0.05, 0) is 30.7 Å². The van der Waals surface area contributed by atoms with E-state index in [2.05, 4.69) is 0 Å². The van der Waals surface area contributed by atoms with Crippen LogP contribution in [-0.2, 0) is 4.74 Å². The topological polar surface area (TPSA) is 66.8 Å². The van der Waals surface area contributed by atoms with Crippen molar-refractivity contribution in [3.05, 3.63) is 71.0 Å². The molecule has 1 saturated heterocycles. The Hall–Kier alpha value is -2.73. The number of carbonyl (C=O) groups is 2. The quantitative estimate of drug-likeness (QED) is 0.930. The standard InChI is InChI=1S/C19H18FNO4/c1-12-10-21(11-17(25-12)13-5-3-2-4-6-13)18(22)15-8-7-14(19(23)24)9-16(15)20/h2-9,12,17H,10-11H2,1H3,(H,23,24). The predicted molar refractivity (Wildman–Crippen MR) is 89.0 cm³/mol. The molecule has 1 aliphatic heterocycles. The predicted octanol–water partition coefficient (Wildman–Crippen LogP) is 3.13. The van der Waals surface area contributed by atoms with Crippen LogP contribution in [0.5, 0.6) is 0 Å². The number of aromatic carboxylic acids is 1. The molecule has 1 heterocycles. The molecular weight excluding hydrogens is 325 g/mol. The first kappa shape index (κ1) is 17.1. The average Bonchev–Trinajstić information content (AvgIpc) is 2.61. The number of carboxylic acid groups (broad SMARTS) is 1. The molecule has 0 aromatic heterocycles. The second-order valence-corrected chi connectivity index (χ2v) is 6.06. The summed E-state index contributed by atoms with van der Waals surface area (Å²) in [5.41, 5.74) is 0.631. The molecule has 0 aliphatic carbocycles. The van der Waals surface area contributed by atoms with Crippen molar-refractivity contribution in [1.82, 2.24) is 4.90 Å². The number of amides is 1. The van der Waals surface area contributed by atoms with Gasteiger partial charge in [0.05, 0.1) is 23.8 Å². The number of rotatable bonds is 3. The van der Waals surface area contributed by atoms with E-state index in [0.29, 0.717) is 13.1 Å². The Bertz CT molecular complexity index is 793. The van der Waals surface area contributed by atoms with Gasteiger partial charge < -0.3 is 14.7 Å². The Morgan fingerprint density at radius 3 is 2.52 bits per heavy atom. The van der Waals surface area contributed by atoms with Gasteiger partial charge in [-0.3, -0.25) is 4.79 Å². The van der Waals surface area contributed by atoms with E-state index in [0.717, 1.165) is 11.6 Å². The monoisotopic (exact) mass is 343 g/mol. The van der Waals surface area contributed by atoms with E-state index in [1.807, 2.05) is 37.3 Å². The molecule has 2 aromatic carbocycles. The number of carbonyl (C=O) groups excluding carboxylic acids is 1. The van der Waals surface area contributed by atoms with Crippen LogP contribution in [0.3, 0.4) is 0 Å². The summed E-state index contributed by atoms with van der Waals surface area (Å²) in [7, 11) is 0. The first-order chi connectivity index (χ1) is 12.0. The zero-order valence-electron chi connectivity index (χ0n) is 13.7. The van der Waals surface area contributed by atoms with E-state index in [1.54, 1.807) is 4.90 Å². The number of morpholine rings is 1. The van der Waals surface area contributed by atoms with Crippen LogP contribution >= 0.6 is 0 Å². The van der Waals surface area contributed by atoms with Crippen LogP contribution < -0.4 is 0 Å². The second kappa shape index (κ2) is 7.03. The molecule has 2 aromatic rings. The van der Waals surface area contributed by atoms with Crippen molar-refractivity contribution in [2.75, 3.05) is 13.1 Å². The normalized spacial score (nSPS) is 20.3. The summed E-state index contributed by atoms with van der Waals surface area (Å²) in [5.74, 6) is -2.53. The molecule has 1 amide bonds. The Balaban J connectivity index is 1.83. The van der Waals surface area contributed by atoms with Gasteiger partial charge in [-0.15, -0.1) is 0 Å². The van der Waals surface area contributed by atoms with E-state index >= 15 is 0 Å². The summed E-state index contributed by atoms with van der Waals surface area (Å²) >= 11 is 0. The Morgan fingerprint density at radius 2 is 1.88 bits per heavy atom. The minimum absolute atomic E-state index is 0.133. The van der Waals surface area contributed by atoms with E-state index < -0.39 is 17.7 Å². The lowest BCUT2D eigenvalue weighted by atomic mass is 10.0. The Kier molecular flexibility index (Phi) is 4.81. The molecule has 0 spiro atoms. The van der Waals surface area contributed by atoms with E-state index in [4.69, 9.17) is 9.84 Å². The SMILES string of the molecule is CC1CN(C(=O)c2ccc(C(=O)O)cc2F)CC(c2ccccc2)O1. The maximum Gasteiger partial charge on any atom is 0.335 e. The Labute approximate surface area is 144 Å². The van der Waals surface area contributed by atoms with Crippen molar-refractivity contribution in [3.8, 4) is 0 Å². The number of halogens is 1. The number of hydrogen-bond acceptors (Lipinski definition) is 3. The highest BCUT2D eigenvalue weighted by atomic mass is 19.1. The van der Waals surface area contributed by atoms with Gasteiger partial charge in [0, 0.05) is 6.54 Å². The second-order valence-electron chi connectivity index (χ2n) is 6.06. The molecule has 1 aliphatic rings. The summed E-state index contributed by atoms with van der Waals surface area (Å²) in [5, 5.41) is 8.90. The lowest BCUT2D eigenvalue weighted by molar-refractivity contribution is -0.0692. The fourth-order valence-corrected chi connectivity index (χ4v) is 2.96. The number of hydrogen-bond donors (Lipinski definition) is 1. The Morgan fingerprint density at radius 1 is 1.16 bits per heavy atom. The summed E-state index contributed by atoms with van der Waals surface area (Å²) in [6.45, 7) is 2.52. The molecule has 25 heavy (non-hydrogen) atoms. The molecule has 2 unspecified atom stereocenters. The average molecular weight is 343 g/mol. The molecule has 0 saturated carbocycles. The van der Waals surface area contributed by atoms with Crippen LogP contribution in [0.25, 0.3) is 0 Å². The lowest BCUT2D eigenvalue weighted by Crippen LogP contribution is -2.46. The van der Waals surface area contributed by atoms with Gasteiger partial charge in [0.15, 0.2) is 0 Å². The van der Waals surface area contributed by atoms with Crippen molar-refractivity contribution in [2.45, 2.75) is 19.1 Å². The van der Waals surface area contributed by atoms with Crippen molar-refractivity contribution in [3.63, 3.8) is 0 Å². The maximum absolute atomic E-state index is 14.2. The molecular formula is C19H18FNO4. The molecule has 1 fully saturated rings. The van der Waals surface area contributed by atoms with Gasteiger partial charge in [-0.1, -0.05) is 30.3 Å². The maximum atomic E-state index is 14.2. The molecule has 6 heteroatoms. The molecule has 3 rings (SSSR count). The molecule has 2 atom stereocenters. The van der Waals surface area contributed by atoms with Gasteiger partial charge >= 0.3 is 5.97 Å². The first-order valence-electron chi connectivity index (χ1n) is 7.98. The van der Waals surface area contributed by atoms with Gasteiger partial charge in [0.2, 0.25) is 0 Å². The molecule has 1 N–H and O–H groups in total. The molecule has 0 radical (unpaired) electrons. The fraction of sp³-hybridized carbons (Fsp3) is 0.263. The number of carboxylic acids is 1. The lowest BCUT2D eigenvalue weighted by Gasteiger charge is -2.37. The van der Waals surface area contributed by atoms with Gasteiger partial charge in [0.25, 0.3) is 5.91 Å². The third-order valence-corrected chi connectivity index (χ3v) is 4.17. The minimum Gasteiger partial charge on any atom is -0.478 e. The molecule has 5 nitrogen and oxygen atoms in total. The number of ether oxygens (including phenoxy) is 1. The van der Waals surface area contributed by atoms with Crippen LogP contribution in [0.2, 0.25) is 0 Å². The third kappa shape index (κ3) is 3.69. The van der Waals surface area contributed by atoms with Gasteiger partial charge in [-0.25, -0.2) is 9.18 Å². The van der Waals surface area contributed by atoms with Crippen molar-refractivity contribution >= 4 is 11.9 Å². The summed E-state index contributed by atoms with van der Waals surface area (Å²) < 4.78 is 20.1. The van der Waals surface area contributed by atoms with Crippen LogP contribution in [0.4, 0.5) is 4.39 Å². The van der Waals surface area contributed by atoms with Crippen LogP contribution in [-0.4, -0.2) is 41.1 Å². The van der Waals surface area contributed by atoms with Gasteiger partial charge in [0.1, 0.15) is 11.9 Å². The highest BCUT2D eigenvalue weighted by molar-refractivity contribution is 5.96. The van der Waals surface area contributed by atoms with Crippen LogP contribution in [0, 0.1) is 5.82 Å². The van der Waals surface area contributed by atoms with Crippen molar-refractivity contribution < 1.29 is 23.8 Å². The first-order valence-corrected chi connectivity index (χ1v) is 7.98. The largest absolute Gasteiger partial charge is 0.478 e. The minimum atomic E-state index is -1.23. The number of benzene rings is 2. The van der Waals surface area contributed by atoms with E-state index in [1.165, 1.54) is 12.1 Å².